The van der Waals surface area contributed by atoms with E-state index in [1.165, 1.54) is 0 Å². The maximum Gasteiger partial charge on any atom is 0.407 e. The van der Waals surface area contributed by atoms with E-state index in [-0.39, 0.29) is 18.1 Å². The molecule has 7 heteroatoms. The molecule has 0 aromatic carbocycles. The van der Waals surface area contributed by atoms with Gasteiger partial charge in [-0.15, -0.1) is 0 Å². The molecular weight excluding hydrogens is 272 g/mol. The van der Waals surface area contributed by atoms with E-state index in [4.69, 9.17) is 9.26 Å². The van der Waals surface area contributed by atoms with E-state index >= 15 is 0 Å². The fourth-order valence-corrected chi connectivity index (χ4v) is 2.41. The number of hydrogen-bond donors (Lipinski definition) is 1. The first-order chi connectivity index (χ1) is 10.1. The molecule has 2 rings (SSSR count). The molecule has 2 heterocycles. The topological polar surface area (TPSA) is 80.5 Å². The summed E-state index contributed by atoms with van der Waals surface area (Å²) in [5.74, 6) is 1.64. The SMILES string of the molecule is CCOC(=O)N[C@H]1CCCN(Cc2nc(C(C)C)no2)C1. The van der Waals surface area contributed by atoms with Gasteiger partial charge in [-0.25, -0.2) is 4.79 Å². The number of piperidine rings is 1. The van der Waals surface area contributed by atoms with Gasteiger partial charge in [0.25, 0.3) is 0 Å². The zero-order valence-electron chi connectivity index (χ0n) is 13.0. The van der Waals surface area contributed by atoms with Gasteiger partial charge in [0.2, 0.25) is 5.89 Å². The van der Waals surface area contributed by atoms with E-state index in [0.29, 0.717) is 19.0 Å². The van der Waals surface area contributed by atoms with E-state index in [0.717, 1.165) is 31.8 Å². The van der Waals surface area contributed by atoms with Gasteiger partial charge < -0.3 is 14.6 Å². The lowest BCUT2D eigenvalue weighted by molar-refractivity contribution is 0.128. The van der Waals surface area contributed by atoms with E-state index in [1.54, 1.807) is 6.92 Å². The van der Waals surface area contributed by atoms with Gasteiger partial charge in [0.1, 0.15) is 0 Å². The second-order valence-corrected chi connectivity index (χ2v) is 5.64. The normalized spacial score (nSPS) is 19.7. The monoisotopic (exact) mass is 296 g/mol. The van der Waals surface area contributed by atoms with Gasteiger partial charge in [0.15, 0.2) is 5.82 Å². The molecule has 0 spiro atoms. The molecule has 1 amide bonds. The molecule has 1 aliphatic heterocycles. The maximum atomic E-state index is 11.5. The average Bonchev–Trinajstić information content (AvgIpc) is 2.88. The van der Waals surface area contributed by atoms with Crippen molar-refractivity contribution in [3.8, 4) is 0 Å². The van der Waals surface area contributed by atoms with Crippen LogP contribution in [-0.2, 0) is 11.3 Å². The Balaban J connectivity index is 1.84. The van der Waals surface area contributed by atoms with Crippen molar-refractivity contribution in [1.82, 2.24) is 20.4 Å². The Morgan fingerprint density at radius 2 is 2.38 bits per heavy atom. The fraction of sp³-hybridized carbons (Fsp3) is 0.786. The first kappa shape index (κ1) is 15.8. The molecule has 0 saturated carbocycles. The van der Waals surface area contributed by atoms with Crippen molar-refractivity contribution in [1.29, 1.82) is 0 Å². The predicted octanol–water partition coefficient (Wildman–Crippen LogP) is 1.90. The standard InChI is InChI=1S/C14H24N4O3/c1-4-20-14(19)15-11-6-5-7-18(8-11)9-12-16-13(10(2)3)17-21-12/h10-11H,4-9H2,1-3H3,(H,15,19)/t11-/m0/s1. The minimum atomic E-state index is -0.343. The summed E-state index contributed by atoms with van der Waals surface area (Å²) in [6.07, 6.45) is 1.66. The van der Waals surface area contributed by atoms with Gasteiger partial charge in [-0.05, 0) is 26.3 Å². The summed E-state index contributed by atoms with van der Waals surface area (Å²) in [7, 11) is 0. The highest BCUT2D eigenvalue weighted by Gasteiger charge is 2.23. The van der Waals surface area contributed by atoms with E-state index in [2.05, 4.69) is 20.4 Å². The Morgan fingerprint density at radius 3 is 3.05 bits per heavy atom. The van der Waals surface area contributed by atoms with Crippen molar-refractivity contribution in [2.24, 2.45) is 0 Å². The van der Waals surface area contributed by atoms with E-state index in [1.807, 2.05) is 13.8 Å². The number of amides is 1. The molecule has 21 heavy (non-hydrogen) atoms. The quantitative estimate of drug-likeness (QED) is 0.894. The minimum absolute atomic E-state index is 0.116. The highest BCUT2D eigenvalue weighted by atomic mass is 16.5. The number of alkyl carbamates (subject to hydrolysis) is 1. The Bertz CT molecular complexity index is 461. The lowest BCUT2D eigenvalue weighted by Crippen LogP contribution is -2.47. The van der Waals surface area contributed by atoms with Gasteiger partial charge >= 0.3 is 6.09 Å². The number of carbonyl (C=O) groups is 1. The van der Waals surface area contributed by atoms with Crippen molar-refractivity contribution in [2.75, 3.05) is 19.7 Å². The third kappa shape index (κ3) is 4.70. The lowest BCUT2D eigenvalue weighted by atomic mass is 10.1. The summed E-state index contributed by atoms with van der Waals surface area (Å²) in [4.78, 5) is 18.1. The van der Waals surface area contributed by atoms with Gasteiger partial charge in [0.05, 0.1) is 13.2 Å². The van der Waals surface area contributed by atoms with Crippen LogP contribution in [0.5, 0.6) is 0 Å². The Hall–Kier alpha value is -1.63. The molecule has 0 unspecified atom stereocenters. The Kier molecular flexibility index (Phi) is 5.55. The van der Waals surface area contributed by atoms with Crippen LogP contribution >= 0.6 is 0 Å². The molecule has 0 radical (unpaired) electrons. The second kappa shape index (κ2) is 7.40. The van der Waals surface area contributed by atoms with Crippen LogP contribution in [0.2, 0.25) is 0 Å². The van der Waals surface area contributed by atoms with Crippen LogP contribution in [0.25, 0.3) is 0 Å². The summed E-state index contributed by atoms with van der Waals surface area (Å²) >= 11 is 0. The van der Waals surface area contributed by atoms with Crippen LogP contribution in [0.1, 0.15) is 51.2 Å². The fourth-order valence-electron chi connectivity index (χ4n) is 2.41. The van der Waals surface area contributed by atoms with Gasteiger partial charge in [-0.3, -0.25) is 4.90 Å². The van der Waals surface area contributed by atoms with Crippen molar-refractivity contribution in [2.45, 2.75) is 52.1 Å². The second-order valence-electron chi connectivity index (χ2n) is 5.64. The molecule has 1 atom stereocenters. The number of nitrogens with zero attached hydrogens (tertiary/aromatic N) is 3. The van der Waals surface area contributed by atoms with Crippen molar-refractivity contribution < 1.29 is 14.1 Å². The van der Waals surface area contributed by atoms with E-state index in [9.17, 15) is 4.79 Å². The van der Waals surface area contributed by atoms with Crippen molar-refractivity contribution in [3.63, 3.8) is 0 Å². The lowest BCUT2D eigenvalue weighted by Gasteiger charge is -2.31. The van der Waals surface area contributed by atoms with Gasteiger partial charge in [-0.2, -0.15) is 4.98 Å². The number of carbonyl (C=O) groups excluding carboxylic acids is 1. The maximum absolute atomic E-state index is 11.5. The van der Waals surface area contributed by atoms with Crippen LogP contribution < -0.4 is 5.32 Å². The van der Waals surface area contributed by atoms with Gasteiger partial charge in [0, 0.05) is 18.5 Å². The minimum Gasteiger partial charge on any atom is -0.450 e. The molecule has 1 aromatic heterocycles. The first-order valence-electron chi connectivity index (χ1n) is 7.56. The van der Waals surface area contributed by atoms with E-state index < -0.39 is 0 Å². The zero-order chi connectivity index (χ0) is 15.2. The summed E-state index contributed by atoms with van der Waals surface area (Å²) in [5.41, 5.74) is 0. The molecule has 1 fully saturated rings. The summed E-state index contributed by atoms with van der Waals surface area (Å²) in [5, 5.41) is 6.86. The smallest absolute Gasteiger partial charge is 0.407 e. The molecule has 1 aromatic rings. The van der Waals surface area contributed by atoms with Crippen LogP contribution in [0.3, 0.4) is 0 Å². The highest BCUT2D eigenvalue weighted by Crippen LogP contribution is 2.15. The average molecular weight is 296 g/mol. The number of likely N-dealkylation sites (tertiary alicyclic amines) is 1. The number of ether oxygens (including phenoxy) is 1. The number of hydrogen-bond acceptors (Lipinski definition) is 6. The Labute approximate surface area is 125 Å². The third-order valence-electron chi connectivity index (χ3n) is 3.46. The van der Waals surface area contributed by atoms with Gasteiger partial charge in [-0.1, -0.05) is 19.0 Å². The molecule has 118 valence electrons. The van der Waals surface area contributed by atoms with Crippen LogP contribution in [0.4, 0.5) is 4.79 Å². The molecule has 7 nitrogen and oxygen atoms in total. The highest BCUT2D eigenvalue weighted by molar-refractivity contribution is 5.67. The summed E-state index contributed by atoms with van der Waals surface area (Å²) in [6.45, 7) is 8.64. The number of nitrogens with one attached hydrogen (secondary N) is 1. The summed E-state index contributed by atoms with van der Waals surface area (Å²) < 4.78 is 10.2. The first-order valence-corrected chi connectivity index (χ1v) is 7.56. The summed E-state index contributed by atoms with van der Waals surface area (Å²) in [6, 6.07) is 0.116. The largest absolute Gasteiger partial charge is 0.450 e. The predicted molar refractivity (Wildman–Crippen MR) is 76.8 cm³/mol. The number of aromatic nitrogens is 2. The third-order valence-corrected chi connectivity index (χ3v) is 3.46. The Morgan fingerprint density at radius 1 is 1.57 bits per heavy atom. The zero-order valence-corrected chi connectivity index (χ0v) is 13.0. The molecule has 0 bridgehead atoms. The van der Waals surface area contributed by atoms with Crippen LogP contribution in [0.15, 0.2) is 4.52 Å². The van der Waals surface area contributed by atoms with Crippen molar-refractivity contribution >= 4 is 6.09 Å². The van der Waals surface area contributed by atoms with Crippen LogP contribution in [-0.4, -0.2) is 46.9 Å². The van der Waals surface area contributed by atoms with Crippen molar-refractivity contribution in [3.05, 3.63) is 11.7 Å². The molecule has 1 aliphatic rings. The molecular formula is C14H24N4O3. The molecule has 0 aliphatic carbocycles. The van der Waals surface area contributed by atoms with Crippen LogP contribution in [0, 0.1) is 0 Å². The molecule has 1 saturated heterocycles. The molecule has 1 N–H and O–H groups in total. The number of rotatable bonds is 5.